The van der Waals surface area contributed by atoms with Crippen molar-refractivity contribution in [2.45, 2.75) is 56.5 Å². The van der Waals surface area contributed by atoms with Crippen molar-refractivity contribution < 1.29 is 15.3 Å². The maximum atomic E-state index is 9.81. The summed E-state index contributed by atoms with van der Waals surface area (Å²) in [4.78, 5) is 2.10. The highest BCUT2D eigenvalue weighted by Crippen LogP contribution is 2.35. The van der Waals surface area contributed by atoms with Crippen molar-refractivity contribution in [1.29, 1.82) is 0 Å². The van der Waals surface area contributed by atoms with Crippen molar-refractivity contribution >= 4 is 0 Å². The Hall–Kier alpha value is -0.160. The first kappa shape index (κ1) is 10.4. The van der Waals surface area contributed by atoms with Gasteiger partial charge >= 0.3 is 0 Å². The number of aliphatic hydroxyl groups excluding tert-OH is 3. The molecule has 0 aromatic carbocycles. The van der Waals surface area contributed by atoms with Crippen molar-refractivity contribution in [2.75, 3.05) is 6.61 Å². The molecule has 2 rings (SSSR count). The normalized spacial score (nSPS) is 49.3. The van der Waals surface area contributed by atoms with Crippen LogP contribution in [-0.4, -0.2) is 57.2 Å². The molecule has 2 aliphatic heterocycles. The summed E-state index contributed by atoms with van der Waals surface area (Å²) in [5.41, 5.74) is 0. The molecule has 14 heavy (non-hydrogen) atoms. The Morgan fingerprint density at radius 3 is 2.57 bits per heavy atom. The third kappa shape index (κ3) is 1.37. The zero-order chi connectivity index (χ0) is 10.3. The van der Waals surface area contributed by atoms with Crippen molar-refractivity contribution in [3.05, 3.63) is 0 Å². The van der Waals surface area contributed by atoms with E-state index in [1.165, 1.54) is 0 Å². The summed E-state index contributed by atoms with van der Waals surface area (Å²) in [6.07, 6.45) is 1.65. The summed E-state index contributed by atoms with van der Waals surface area (Å²) in [5.74, 6) is 0. The fraction of sp³-hybridized carbons (Fsp3) is 1.00. The molecule has 3 N–H and O–H groups in total. The molecule has 4 heteroatoms. The van der Waals surface area contributed by atoms with Crippen molar-refractivity contribution in [3.63, 3.8) is 0 Å². The molecule has 2 fully saturated rings. The van der Waals surface area contributed by atoms with Crippen LogP contribution in [0.5, 0.6) is 0 Å². The molecule has 0 spiro atoms. The summed E-state index contributed by atoms with van der Waals surface area (Å²) < 4.78 is 0. The summed E-state index contributed by atoms with van der Waals surface area (Å²) in [6.45, 7) is 2.03. The highest BCUT2D eigenvalue weighted by atomic mass is 16.3. The van der Waals surface area contributed by atoms with Gasteiger partial charge in [-0.1, -0.05) is 6.42 Å². The van der Waals surface area contributed by atoms with E-state index in [4.69, 9.17) is 0 Å². The van der Waals surface area contributed by atoms with Crippen molar-refractivity contribution in [2.24, 2.45) is 0 Å². The average molecular weight is 201 g/mol. The van der Waals surface area contributed by atoms with Crippen LogP contribution in [0.2, 0.25) is 0 Å². The number of piperidine rings is 1. The zero-order valence-corrected chi connectivity index (χ0v) is 8.50. The number of hydrogen-bond acceptors (Lipinski definition) is 4. The summed E-state index contributed by atoms with van der Waals surface area (Å²) in [7, 11) is 0. The van der Waals surface area contributed by atoms with Gasteiger partial charge in [0, 0.05) is 12.1 Å². The molecule has 0 aromatic rings. The lowest BCUT2D eigenvalue weighted by molar-refractivity contribution is 0.0174. The van der Waals surface area contributed by atoms with Gasteiger partial charge in [-0.05, 0) is 19.8 Å². The molecule has 0 saturated carbocycles. The number of rotatable bonds is 1. The Kier molecular flexibility index (Phi) is 2.79. The van der Waals surface area contributed by atoms with E-state index < -0.39 is 12.2 Å². The molecular formula is C10H19NO3. The second-order valence-electron chi connectivity index (χ2n) is 4.53. The first-order valence-electron chi connectivity index (χ1n) is 5.41. The predicted molar refractivity (Wildman–Crippen MR) is 51.8 cm³/mol. The molecule has 82 valence electrons. The maximum absolute atomic E-state index is 9.81. The van der Waals surface area contributed by atoms with Gasteiger partial charge in [0.1, 0.15) is 0 Å². The maximum Gasteiger partial charge on any atom is 0.0991 e. The number of hydrogen-bond donors (Lipinski definition) is 3. The molecule has 2 heterocycles. The summed E-state index contributed by atoms with van der Waals surface area (Å²) in [6, 6.07) is 0.133. The Morgan fingerprint density at radius 2 is 1.93 bits per heavy atom. The topological polar surface area (TPSA) is 63.9 Å². The minimum atomic E-state index is -0.787. The third-order valence-corrected chi connectivity index (χ3v) is 3.72. The van der Waals surface area contributed by atoms with Crippen molar-refractivity contribution in [1.82, 2.24) is 4.90 Å². The van der Waals surface area contributed by atoms with Gasteiger partial charge in [-0.2, -0.15) is 0 Å². The summed E-state index contributed by atoms with van der Waals surface area (Å²) >= 11 is 0. The van der Waals surface area contributed by atoms with Crippen LogP contribution in [0.15, 0.2) is 0 Å². The largest absolute Gasteiger partial charge is 0.395 e. The van der Waals surface area contributed by atoms with Gasteiger partial charge in [-0.25, -0.2) is 0 Å². The van der Waals surface area contributed by atoms with Gasteiger partial charge in [-0.3, -0.25) is 4.90 Å². The number of aliphatic hydroxyl groups is 3. The van der Waals surface area contributed by atoms with Crippen LogP contribution in [0.25, 0.3) is 0 Å². The smallest absolute Gasteiger partial charge is 0.0991 e. The quantitative estimate of drug-likeness (QED) is 0.526. The van der Waals surface area contributed by atoms with E-state index in [2.05, 4.69) is 11.8 Å². The van der Waals surface area contributed by atoms with Crippen LogP contribution in [-0.2, 0) is 0 Å². The fourth-order valence-electron chi connectivity index (χ4n) is 3.00. The van der Waals surface area contributed by atoms with Crippen LogP contribution in [0, 0.1) is 0 Å². The minimum Gasteiger partial charge on any atom is -0.395 e. The molecule has 2 saturated heterocycles. The molecule has 0 aromatic heterocycles. The molecular weight excluding hydrogens is 182 g/mol. The Bertz CT molecular complexity index is 202. The number of nitrogens with zero attached hydrogens (tertiary/aromatic N) is 1. The van der Waals surface area contributed by atoms with Gasteiger partial charge in [-0.15, -0.1) is 0 Å². The molecule has 2 aliphatic rings. The van der Waals surface area contributed by atoms with Gasteiger partial charge in [0.15, 0.2) is 0 Å². The Labute approximate surface area is 84.2 Å². The molecule has 0 radical (unpaired) electrons. The van der Waals surface area contributed by atoms with E-state index in [-0.39, 0.29) is 18.7 Å². The van der Waals surface area contributed by atoms with Gasteiger partial charge < -0.3 is 15.3 Å². The monoisotopic (exact) mass is 201 g/mol. The average Bonchev–Trinajstić information content (AvgIpc) is 2.43. The lowest BCUT2D eigenvalue weighted by Crippen LogP contribution is -2.49. The molecule has 0 unspecified atom stereocenters. The molecule has 0 aliphatic carbocycles. The second kappa shape index (κ2) is 3.77. The van der Waals surface area contributed by atoms with E-state index in [1.807, 2.05) is 0 Å². The summed E-state index contributed by atoms with van der Waals surface area (Å²) in [5, 5.41) is 28.8. The van der Waals surface area contributed by atoms with Crippen LogP contribution < -0.4 is 0 Å². The first-order valence-corrected chi connectivity index (χ1v) is 5.41. The standard InChI is InChI=1S/C10H19NO3/c1-6-3-2-4-7-9(13)10(14)8(5-12)11(6)7/h6-10,12-14H,2-5H2,1H3/t6-,7+,8-,9+,10+/m0/s1. The Morgan fingerprint density at radius 1 is 1.21 bits per heavy atom. The SMILES string of the molecule is C[C@H]1CCC[C@@H]2[C@@H](O)[C@H](O)[C@H](CO)N21. The van der Waals surface area contributed by atoms with Crippen LogP contribution in [0.3, 0.4) is 0 Å². The zero-order valence-electron chi connectivity index (χ0n) is 8.50. The predicted octanol–water partition coefficient (Wildman–Crippen LogP) is -0.674. The van der Waals surface area contributed by atoms with E-state index in [9.17, 15) is 15.3 Å². The van der Waals surface area contributed by atoms with Crippen LogP contribution in [0.4, 0.5) is 0 Å². The van der Waals surface area contributed by atoms with E-state index >= 15 is 0 Å². The van der Waals surface area contributed by atoms with Gasteiger partial charge in [0.05, 0.1) is 24.9 Å². The van der Waals surface area contributed by atoms with E-state index in [0.717, 1.165) is 19.3 Å². The second-order valence-corrected chi connectivity index (χ2v) is 4.53. The first-order chi connectivity index (χ1) is 6.66. The highest BCUT2D eigenvalue weighted by molar-refractivity contribution is 5.03. The Balaban J connectivity index is 2.20. The lowest BCUT2D eigenvalue weighted by Gasteiger charge is -2.39. The van der Waals surface area contributed by atoms with E-state index in [1.54, 1.807) is 0 Å². The van der Waals surface area contributed by atoms with Crippen LogP contribution >= 0.6 is 0 Å². The van der Waals surface area contributed by atoms with Gasteiger partial charge in [0.2, 0.25) is 0 Å². The van der Waals surface area contributed by atoms with Crippen molar-refractivity contribution in [3.8, 4) is 0 Å². The minimum absolute atomic E-state index is 0.0471. The lowest BCUT2D eigenvalue weighted by atomic mass is 9.96. The number of fused-ring (bicyclic) bond motifs is 1. The fourth-order valence-corrected chi connectivity index (χ4v) is 3.00. The third-order valence-electron chi connectivity index (χ3n) is 3.72. The molecule has 0 amide bonds. The highest BCUT2D eigenvalue weighted by Gasteiger charge is 2.49. The van der Waals surface area contributed by atoms with Gasteiger partial charge in [0.25, 0.3) is 0 Å². The molecule has 5 atom stereocenters. The molecule has 0 bridgehead atoms. The van der Waals surface area contributed by atoms with E-state index in [0.29, 0.717) is 6.04 Å². The van der Waals surface area contributed by atoms with Crippen LogP contribution in [0.1, 0.15) is 26.2 Å². The molecule has 4 nitrogen and oxygen atoms in total.